The number of rotatable bonds is 8. The van der Waals surface area contributed by atoms with Gasteiger partial charge in [0.1, 0.15) is 5.76 Å². The van der Waals surface area contributed by atoms with Gasteiger partial charge >= 0.3 is 0 Å². The third-order valence-electron chi connectivity index (χ3n) is 4.62. The van der Waals surface area contributed by atoms with Crippen molar-refractivity contribution in [1.82, 2.24) is 14.9 Å². The lowest BCUT2D eigenvalue weighted by molar-refractivity contribution is -0.120. The molecule has 1 atom stereocenters. The molecule has 0 aliphatic heterocycles. The number of fused-ring (bicyclic) bond motifs is 1. The van der Waals surface area contributed by atoms with Gasteiger partial charge in [-0.1, -0.05) is 30.0 Å². The maximum atomic E-state index is 13.1. The molecule has 0 fully saturated rings. The minimum Gasteiger partial charge on any atom is -0.467 e. The Balaban J connectivity index is 1.54. The Morgan fingerprint density at radius 2 is 2.10 bits per heavy atom. The van der Waals surface area contributed by atoms with Gasteiger partial charge in [-0.15, -0.1) is 11.3 Å². The third kappa shape index (κ3) is 4.66. The fourth-order valence-electron chi connectivity index (χ4n) is 3.05. The number of hydrogen-bond acceptors (Lipinski definition) is 6. The van der Waals surface area contributed by atoms with Crippen LogP contribution in [-0.2, 0) is 17.8 Å². The van der Waals surface area contributed by atoms with Crippen molar-refractivity contribution in [2.24, 2.45) is 0 Å². The molecule has 0 aliphatic carbocycles. The molecule has 1 N–H and O–H groups in total. The van der Waals surface area contributed by atoms with E-state index in [0.29, 0.717) is 28.4 Å². The number of hydrogen-bond donors (Lipinski definition) is 1. The lowest BCUT2D eigenvalue weighted by Crippen LogP contribution is -2.33. The Hall–Kier alpha value is -2.84. The minimum absolute atomic E-state index is 0.0801. The van der Waals surface area contributed by atoms with E-state index in [1.54, 1.807) is 34.3 Å². The van der Waals surface area contributed by atoms with Crippen molar-refractivity contribution < 1.29 is 9.21 Å². The van der Waals surface area contributed by atoms with Crippen molar-refractivity contribution in [3.63, 3.8) is 0 Å². The summed E-state index contributed by atoms with van der Waals surface area (Å²) in [5.41, 5.74) is 0.468. The molecule has 4 rings (SSSR count). The van der Waals surface area contributed by atoms with Gasteiger partial charge in [0.15, 0.2) is 5.16 Å². The molecule has 0 radical (unpaired) electrons. The van der Waals surface area contributed by atoms with Crippen LogP contribution in [0.15, 0.2) is 74.5 Å². The molecule has 3 aromatic heterocycles. The van der Waals surface area contributed by atoms with E-state index >= 15 is 0 Å². The number of carbonyl (C=O) groups is 1. The van der Waals surface area contributed by atoms with Crippen LogP contribution in [0.5, 0.6) is 0 Å². The molecule has 1 aromatic carbocycles. The van der Waals surface area contributed by atoms with Gasteiger partial charge in [0.25, 0.3) is 5.56 Å². The second kappa shape index (κ2) is 9.32. The van der Waals surface area contributed by atoms with Crippen molar-refractivity contribution in [3.05, 3.63) is 81.2 Å². The fraction of sp³-hybridized carbons (Fsp3) is 0.227. The maximum Gasteiger partial charge on any atom is 0.262 e. The van der Waals surface area contributed by atoms with Crippen molar-refractivity contribution in [2.45, 2.75) is 30.3 Å². The lowest BCUT2D eigenvalue weighted by Gasteiger charge is -2.16. The lowest BCUT2D eigenvalue weighted by atomic mass is 10.2. The van der Waals surface area contributed by atoms with E-state index in [1.807, 2.05) is 42.6 Å². The highest BCUT2D eigenvalue weighted by atomic mass is 32.2. The van der Waals surface area contributed by atoms with Crippen LogP contribution in [-0.4, -0.2) is 27.3 Å². The van der Waals surface area contributed by atoms with Crippen LogP contribution in [0.1, 0.15) is 17.6 Å². The van der Waals surface area contributed by atoms with E-state index in [2.05, 4.69) is 16.4 Å². The largest absolute Gasteiger partial charge is 0.467 e. The van der Waals surface area contributed by atoms with Gasteiger partial charge in [-0.25, -0.2) is 4.98 Å². The molecule has 0 bridgehead atoms. The fourth-order valence-corrected chi connectivity index (χ4v) is 4.70. The molecule has 1 unspecified atom stereocenters. The number of nitrogens with zero attached hydrogens (tertiary/aromatic N) is 2. The van der Waals surface area contributed by atoms with E-state index in [9.17, 15) is 9.59 Å². The first kappa shape index (κ1) is 20.4. The second-order valence-electron chi connectivity index (χ2n) is 6.76. The molecule has 1 amide bonds. The zero-order chi connectivity index (χ0) is 20.9. The normalized spacial score (nSPS) is 12.2. The summed E-state index contributed by atoms with van der Waals surface area (Å²) in [4.78, 5) is 31.6. The molecule has 6 nitrogen and oxygen atoms in total. The molecule has 4 aromatic rings. The Labute approximate surface area is 181 Å². The Bertz CT molecular complexity index is 1180. The van der Waals surface area contributed by atoms with Gasteiger partial charge in [0.05, 0.1) is 29.0 Å². The molecule has 154 valence electrons. The Kier molecular flexibility index (Phi) is 6.35. The third-order valence-corrected chi connectivity index (χ3v) is 6.65. The zero-order valence-electron chi connectivity index (χ0n) is 16.4. The van der Waals surface area contributed by atoms with Crippen LogP contribution in [0.3, 0.4) is 0 Å². The van der Waals surface area contributed by atoms with Gasteiger partial charge in [-0.3, -0.25) is 14.2 Å². The summed E-state index contributed by atoms with van der Waals surface area (Å²) in [6.45, 7) is 2.66. The van der Waals surface area contributed by atoms with Crippen molar-refractivity contribution in [1.29, 1.82) is 0 Å². The molecular formula is C22H21N3O3S2. The predicted octanol–water partition coefficient (Wildman–Crippen LogP) is 3.94. The zero-order valence-corrected chi connectivity index (χ0v) is 18.0. The highest BCUT2D eigenvalue weighted by Gasteiger charge is 2.20. The molecule has 8 heteroatoms. The predicted molar refractivity (Wildman–Crippen MR) is 120 cm³/mol. The van der Waals surface area contributed by atoms with Crippen LogP contribution in [0, 0.1) is 0 Å². The number of nitrogens with one attached hydrogen (secondary N) is 1. The number of benzene rings is 1. The SMILES string of the molecule is CC(Sc1nc2ccccc2c(=O)n1Cc1ccco1)C(=O)NCCc1cccs1. The Morgan fingerprint density at radius 1 is 1.23 bits per heavy atom. The first-order valence-electron chi connectivity index (χ1n) is 9.60. The number of furan rings is 1. The average Bonchev–Trinajstić information content (AvgIpc) is 3.45. The number of thiophene rings is 1. The van der Waals surface area contributed by atoms with Gasteiger partial charge in [0, 0.05) is 11.4 Å². The first-order chi connectivity index (χ1) is 14.6. The molecule has 30 heavy (non-hydrogen) atoms. The van der Waals surface area contributed by atoms with Crippen molar-refractivity contribution >= 4 is 39.9 Å². The minimum atomic E-state index is -0.399. The van der Waals surface area contributed by atoms with E-state index in [-0.39, 0.29) is 18.0 Å². The monoisotopic (exact) mass is 439 g/mol. The molecule has 0 saturated carbocycles. The van der Waals surface area contributed by atoms with Gasteiger partial charge in [0.2, 0.25) is 5.91 Å². The summed E-state index contributed by atoms with van der Waals surface area (Å²) in [5.74, 6) is 0.576. The van der Waals surface area contributed by atoms with Gasteiger partial charge < -0.3 is 9.73 Å². The molecule has 0 spiro atoms. The van der Waals surface area contributed by atoms with E-state index in [4.69, 9.17) is 4.42 Å². The van der Waals surface area contributed by atoms with E-state index in [0.717, 1.165) is 6.42 Å². The smallest absolute Gasteiger partial charge is 0.262 e. The average molecular weight is 440 g/mol. The van der Waals surface area contributed by atoms with Crippen LogP contribution in [0.4, 0.5) is 0 Å². The summed E-state index contributed by atoms with van der Waals surface area (Å²) in [6, 6.07) is 14.9. The van der Waals surface area contributed by atoms with Crippen LogP contribution in [0.25, 0.3) is 10.9 Å². The summed E-state index contributed by atoms with van der Waals surface area (Å²) < 4.78 is 7.00. The molecule has 0 aliphatic rings. The van der Waals surface area contributed by atoms with Gasteiger partial charge in [-0.2, -0.15) is 0 Å². The van der Waals surface area contributed by atoms with Crippen molar-refractivity contribution in [2.75, 3.05) is 6.54 Å². The summed E-state index contributed by atoms with van der Waals surface area (Å²) in [6.07, 6.45) is 2.38. The quantitative estimate of drug-likeness (QED) is 0.332. The van der Waals surface area contributed by atoms with Crippen LogP contribution < -0.4 is 10.9 Å². The topological polar surface area (TPSA) is 77.1 Å². The van der Waals surface area contributed by atoms with E-state index in [1.165, 1.54) is 16.6 Å². The number of para-hydroxylation sites is 1. The number of amides is 1. The summed E-state index contributed by atoms with van der Waals surface area (Å²) in [7, 11) is 0. The van der Waals surface area contributed by atoms with E-state index < -0.39 is 5.25 Å². The first-order valence-corrected chi connectivity index (χ1v) is 11.4. The van der Waals surface area contributed by atoms with Crippen LogP contribution in [0.2, 0.25) is 0 Å². The van der Waals surface area contributed by atoms with Crippen LogP contribution >= 0.6 is 23.1 Å². The standard InChI is InChI=1S/C22H21N3O3S2/c1-15(20(26)23-11-10-17-7-5-13-29-17)30-22-24-19-9-3-2-8-18(19)21(27)25(22)14-16-6-4-12-28-16/h2-9,12-13,15H,10-11,14H2,1H3,(H,23,26). The highest BCUT2D eigenvalue weighted by Crippen LogP contribution is 2.23. The summed E-state index contributed by atoms with van der Waals surface area (Å²) >= 11 is 2.96. The Morgan fingerprint density at radius 3 is 2.87 bits per heavy atom. The highest BCUT2D eigenvalue weighted by molar-refractivity contribution is 8.00. The maximum absolute atomic E-state index is 13.1. The van der Waals surface area contributed by atoms with Crippen molar-refractivity contribution in [3.8, 4) is 0 Å². The molecule has 0 saturated heterocycles. The number of aromatic nitrogens is 2. The second-order valence-corrected chi connectivity index (χ2v) is 9.10. The number of thioether (sulfide) groups is 1. The molecule has 3 heterocycles. The summed E-state index contributed by atoms with van der Waals surface area (Å²) in [5, 5.41) is 5.64. The molecular weight excluding hydrogens is 418 g/mol. The number of carbonyl (C=O) groups excluding carboxylic acids is 1. The van der Waals surface area contributed by atoms with Gasteiger partial charge in [-0.05, 0) is 49.1 Å².